The molecule has 0 heterocycles. The molecule has 0 unspecified atom stereocenters. The van der Waals surface area contributed by atoms with Crippen LogP contribution >= 0.6 is 11.8 Å². The molecular weight excluding hydrogens is 443 g/mol. The van der Waals surface area contributed by atoms with Gasteiger partial charge < -0.3 is 0 Å². The summed E-state index contributed by atoms with van der Waals surface area (Å²) in [5, 5.41) is 0. The van der Waals surface area contributed by atoms with E-state index >= 15 is 0 Å². The molecule has 3 heteroatoms. The first-order valence-corrected chi connectivity index (χ1v) is 18.9. The summed E-state index contributed by atoms with van der Waals surface area (Å²) >= 11 is -0.325. The van der Waals surface area contributed by atoms with Crippen molar-refractivity contribution >= 4 is 30.1 Å². The quantitative estimate of drug-likeness (QED) is 0.196. The van der Waals surface area contributed by atoms with Gasteiger partial charge in [0.05, 0.1) is 0 Å². The van der Waals surface area contributed by atoms with Crippen LogP contribution in [0.2, 0.25) is 13.3 Å². The van der Waals surface area contributed by atoms with Crippen LogP contribution in [0.25, 0.3) is 0 Å². The van der Waals surface area contributed by atoms with Crippen molar-refractivity contribution in [3.8, 4) is 0 Å². The standard InChI is InChI=1S/C11H13OS.3C4H9.Sn/c1-10-4-6-11(7-5-10)13-9-3-8-12-2;3*1-3-4-2;/h3-7H,8H2,1-2H3;3*1,3-4H2,2H3;. The molecule has 0 aliphatic heterocycles. The summed E-state index contributed by atoms with van der Waals surface area (Å²) < 4.78 is 11.8. The van der Waals surface area contributed by atoms with Crippen molar-refractivity contribution in [1.82, 2.24) is 0 Å². The van der Waals surface area contributed by atoms with Gasteiger partial charge in [-0.05, 0) is 0 Å². The number of hydrogen-bond acceptors (Lipinski definition) is 2. The van der Waals surface area contributed by atoms with Crippen molar-refractivity contribution in [2.45, 2.75) is 84.4 Å². The maximum atomic E-state index is 5.48. The van der Waals surface area contributed by atoms with E-state index in [1.54, 1.807) is 2.92 Å². The van der Waals surface area contributed by atoms with Gasteiger partial charge in [-0.3, -0.25) is 0 Å². The number of rotatable bonds is 14. The Morgan fingerprint density at radius 3 is 1.85 bits per heavy atom. The molecule has 0 aromatic heterocycles. The van der Waals surface area contributed by atoms with Crippen LogP contribution in [0.5, 0.6) is 0 Å². The van der Waals surface area contributed by atoms with Crippen LogP contribution in [0.3, 0.4) is 0 Å². The summed E-state index contributed by atoms with van der Waals surface area (Å²) in [7, 11) is 1.83. The van der Waals surface area contributed by atoms with Gasteiger partial charge in [-0.25, -0.2) is 0 Å². The van der Waals surface area contributed by atoms with Gasteiger partial charge in [0.25, 0.3) is 0 Å². The average Bonchev–Trinajstić information content (AvgIpc) is 2.66. The predicted octanol–water partition coefficient (Wildman–Crippen LogP) is 8.01. The third-order valence-corrected chi connectivity index (χ3v) is 24.7. The van der Waals surface area contributed by atoms with Crippen molar-refractivity contribution in [3.05, 3.63) is 38.8 Å². The molecule has 1 nitrogen and oxygen atoms in total. The molecule has 0 spiro atoms. The Hall–Kier alpha value is 0.0687. The predicted molar refractivity (Wildman–Crippen MR) is 122 cm³/mol. The summed E-state index contributed by atoms with van der Waals surface area (Å²) in [5.74, 6) is 0. The molecule has 148 valence electrons. The summed E-state index contributed by atoms with van der Waals surface area (Å²) in [6.45, 7) is 9.98. The van der Waals surface area contributed by atoms with Gasteiger partial charge in [-0.15, -0.1) is 0 Å². The van der Waals surface area contributed by atoms with Gasteiger partial charge in [-0.2, -0.15) is 0 Å². The molecule has 1 aromatic carbocycles. The van der Waals surface area contributed by atoms with E-state index in [1.165, 1.54) is 62.3 Å². The summed E-state index contributed by atoms with van der Waals surface area (Å²) in [6, 6.07) is 9.10. The van der Waals surface area contributed by atoms with E-state index in [1.807, 2.05) is 7.11 Å². The average molecular weight is 483 g/mol. The first kappa shape index (κ1) is 24.1. The Bertz CT molecular complexity index is 488. The fraction of sp³-hybridized carbons (Fsp3) is 0.652. The zero-order valence-corrected chi connectivity index (χ0v) is 21.4. The third kappa shape index (κ3) is 8.39. The first-order valence-electron chi connectivity index (χ1n) is 10.6. The maximum absolute atomic E-state index is 5.48. The number of methoxy groups -OCH3 is 1. The fourth-order valence-corrected chi connectivity index (χ4v) is 23.9. The number of thioether (sulfide) groups is 1. The third-order valence-electron chi connectivity index (χ3n) is 5.23. The van der Waals surface area contributed by atoms with Crippen molar-refractivity contribution < 1.29 is 4.74 Å². The van der Waals surface area contributed by atoms with Crippen LogP contribution in [0.4, 0.5) is 0 Å². The second-order valence-electron chi connectivity index (χ2n) is 7.53. The second-order valence-corrected chi connectivity index (χ2v) is 22.8. The molecule has 0 aliphatic carbocycles. The van der Waals surface area contributed by atoms with Crippen LogP contribution in [0.1, 0.15) is 64.9 Å². The molecule has 0 aliphatic rings. The Balaban J connectivity index is 3.19. The van der Waals surface area contributed by atoms with Gasteiger partial charge in [-0.1, -0.05) is 0 Å². The number of ether oxygens (including phenoxy) is 1. The number of hydrogen-bond donors (Lipinski definition) is 0. The Labute approximate surface area is 171 Å². The zero-order chi connectivity index (χ0) is 19.3. The summed E-state index contributed by atoms with van der Waals surface area (Å²) in [4.78, 5) is 1.41. The minimum absolute atomic E-state index is 0.761. The first-order chi connectivity index (χ1) is 12.6. The molecule has 0 fully saturated rings. The second kappa shape index (κ2) is 14.1. The Morgan fingerprint density at radius 2 is 1.42 bits per heavy atom. The molecule has 1 rings (SSSR count). The summed E-state index contributed by atoms with van der Waals surface area (Å²) in [5.41, 5.74) is 1.34. The molecule has 0 N–H and O–H groups in total. The van der Waals surface area contributed by atoms with E-state index < -0.39 is 18.4 Å². The van der Waals surface area contributed by atoms with Crippen LogP contribution in [-0.4, -0.2) is 32.1 Å². The molecule has 0 amide bonds. The molecule has 26 heavy (non-hydrogen) atoms. The van der Waals surface area contributed by atoms with Gasteiger partial charge in [0.1, 0.15) is 0 Å². The van der Waals surface area contributed by atoms with Crippen molar-refractivity contribution in [1.29, 1.82) is 0 Å². The molecule has 0 saturated carbocycles. The zero-order valence-electron chi connectivity index (χ0n) is 17.8. The van der Waals surface area contributed by atoms with Gasteiger partial charge in [0.2, 0.25) is 0 Å². The monoisotopic (exact) mass is 484 g/mol. The van der Waals surface area contributed by atoms with Crippen LogP contribution in [-0.2, 0) is 4.74 Å². The van der Waals surface area contributed by atoms with Crippen LogP contribution < -0.4 is 0 Å². The van der Waals surface area contributed by atoms with Crippen molar-refractivity contribution in [2.75, 3.05) is 13.7 Å². The molecule has 0 radical (unpaired) electrons. The van der Waals surface area contributed by atoms with E-state index in [9.17, 15) is 0 Å². The van der Waals surface area contributed by atoms with E-state index in [0.717, 1.165) is 6.61 Å². The van der Waals surface area contributed by atoms with E-state index in [0.29, 0.717) is 0 Å². The minimum atomic E-state index is -2.40. The van der Waals surface area contributed by atoms with Gasteiger partial charge in [0, 0.05) is 0 Å². The molecule has 0 atom stereocenters. The van der Waals surface area contributed by atoms with Crippen LogP contribution in [0.15, 0.2) is 38.2 Å². The van der Waals surface area contributed by atoms with E-state index in [2.05, 4.69) is 69.8 Å². The van der Waals surface area contributed by atoms with E-state index in [-0.39, 0.29) is 0 Å². The number of unbranched alkanes of at least 4 members (excludes halogenated alkanes) is 3. The normalized spacial score (nSPS) is 12.6. The topological polar surface area (TPSA) is 9.23 Å². The van der Waals surface area contributed by atoms with Crippen LogP contribution in [0, 0.1) is 6.92 Å². The fourth-order valence-electron chi connectivity index (χ4n) is 3.55. The van der Waals surface area contributed by atoms with Gasteiger partial charge >= 0.3 is 172 Å². The Kier molecular flexibility index (Phi) is 13.1. The number of aryl methyl sites for hydroxylation is 1. The SMILES string of the molecule is CCC[CH2][Sn]([CH2]CCC)([CH2]CCC)/[C](=C\COC)Sc1ccc(C)cc1. The van der Waals surface area contributed by atoms with E-state index in [4.69, 9.17) is 4.74 Å². The Morgan fingerprint density at radius 1 is 0.923 bits per heavy atom. The molecule has 0 bridgehead atoms. The molecular formula is C23H40OSSn. The molecule has 0 saturated heterocycles. The summed E-state index contributed by atoms with van der Waals surface area (Å²) in [6.07, 6.45) is 10.6. The van der Waals surface area contributed by atoms with Crippen molar-refractivity contribution in [3.63, 3.8) is 0 Å². The molecule has 1 aromatic rings. The van der Waals surface area contributed by atoms with Crippen molar-refractivity contribution in [2.24, 2.45) is 0 Å². The number of benzene rings is 1. The van der Waals surface area contributed by atoms with Gasteiger partial charge in [0.15, 0.2) is 0 Å².